The van der Waals surface area contributed by atoms with Crippen molar-refractivity contribution in [2.75, 3.05) is 25.1 Å². The Kier molecular flexibility index (Phi) is 6.68. The Morgan fingerprint density at radius 3 is 2.63 bits per heavy atom. The van der Waals surface area contributed by atoms with Crippen LogP contribution in [0.4, 0.5) is 5.69 Å². The molecule has 1 atom stereocenters. The number of ether oxygens (including phenoxy) is 3. The summed E-state index contributed by atoms with van der Waals surface area (Å²) in [5, 5.41) is 3.00. The fraction of sp³-hybridized carbons (Fsp3) is 0.300. The summed E-state index contributed by atoms with van der Waals surface area (Å²) in [6.45, 7) is 0.871. The molecule has 1 aliphatic heterocycles. The molecular weight excluding hydrogens is 370 g/mol. The van der Waals surface area contributed by atoms with Crippen LogP contribution in [-0.4, -0.2) is 37.8 Å². The molecule has 1 aliphatic rings. The maximum Gasteiger partial charge on any atom is 0.338 e. The third-order valence-electron chi connectivity index (χ3n) is 4.03. The summed E-state index contributed by atoms with van der Waals surface area (Å²) in [6.07, 6.45) is 2.19. The lowest BCUT2D eigenvalue weighted by molar-refractivity contribution is -0.119. The van der Waals surface area contributed by atoms with Crippen LogP contribution >= 0.6 is 11.6 Å². The Morgan fingerprint density at radius 2 is 1.93 bits per heavy atom. The molecule has 7 heteroatoms. The number of halogens is 1. The van der Waals surface area contributed by atoms with E-state index in [0.29, 0.717) is 28.6 Å². The minimum atomic E-state index is -0.588. The van der Waals surface area contributed by atoms with E-state index in [1.165, 1.54) is 0 Å². The highest BCUT2D eigenvalue weighted by atomic mass is 35.5. The number of hydrogen-bond acceptors (Lipinski definition) is 5. The van der Waals surface area contributed by atoms with E-state index in [2.05, 4.69) is 5.32 Å². The van der Waals surface area contributed by atoms with Crippen LogP contribution in [0.1, 0.15) is 23.2 Å². The fourth-order valence-electron chi connectivity index (χ4n) is 2.62. The van der Waals surface area contributed by atoms with Gasteiger partial charge in [-0.2, -0.15) is 0 Å². The summed E-state index contributed by atoms with van der Waals surface area (Å²) in [4.78, 5) is 23.9. The summed E-state index contributed by atoms with van der Waals surface area (Å²) in [7, 11) is 0. The first-order chi connectivity index (χ1) is 13.1. The van der Waals surface area contributed by atoms with Crippen LogP contribution in [0.3, 0.4) is 0 Å². The Morgan fingerprint density at radius 1 is 1.15 bits per heavy atom. The average molecular weight is 390 g/mol. The summed E-state index contributed by atoms with van der Waals surface area (Å²) in [5.74, 6) is -0.401. The number of nitrogens with one attached hydrogen (secondary N) is 1. The lowest BCUT2D eigenvalue weighted by Crippen LogP contribution is -2.21. The van der Waals surface area contributed by atoms with Gasteiger partial charge in [-0.3, -0.25) is 4.79 Å². The number of esters is 1. The Bertz CT molecular complexity index is 787. The molecule has 142 valence electrons. The van der Waals surface area contributed by atoms with Crippen molar-refractivity contribution in [3.63, 3.8) is 0 Å². The topological polar surface area (TPSA) is 73.9 Å². The van der Waals surface area contributed by atoms with Crippen molar-refractivity contribution in [3.8, 4) is 5.75 Å². The summed E-state index contributed by atoms with van der Waals surface area (Å²) in [5.41, 5.74) is 0.804. The zero-order valence-electron chi connectivity index (χ0n) is 14.7. The maximum absolute atomic E-state index is 12.1. The largest absolute Gasteiger partial charge is 0.491 e. The number of rotatable bonds is 7. The lowest BCUT2D eigenvalue weighted by Gasteiger charge is -2.11. The smallest absolute Gasteiger partial charge is 0.338 e. The molecule has 0 saturated carbocycles. The first-order valence-corrected chi connectivity index (χ1v) is 9.05. The lowest BCUT2D eigenvalue weighted by atomic mass is 10.2. The first kappa shape index (κ1) is 19.2. The van der Waals surface area contributed by atoms with Crippen LogP contribution in [0.2, 0.25) is 5.02 Å². The molecule has 6 nitrogen and oxygen atoms in total. The molecule has 3 rings (SSSR count). The van der Waals surface area contributed by atoms with E-state index in [0.717, 1.165) is 19.4 Å². The van der Waals surface area contributed by atoms with Gasteiger partial charge in [-0.25, -0.2) is 4.79 Å². The number of carbonyl (C=O) groups excluding carboxylic acids is 2. The average Bonchev–Trinajstić information content (AvgIpc) is 3.20. The van der Waals surface area contributed by atoms with Crippen LogP contribution in [0, 0.1) is 0 Å². The van der Waals surface area contributed by atoms with Gasteiger partial charge in [0, 0.05) is 6.61 Å². The van der Waals surface area contributed by atoms with Crippen LogP contribution in [0.25, 0.3) is 0 Å². The molecule has 1 saturated heterocycles. The van der Waals surface area contributed by atoms with Crippen LogP contribution in [0.5, 0.6) is 5.75 Å². The Balaban J connectivity index is 1.44. The standard InChI is InChI=1S/C20H20ClNO5/c21-17-5-1-2-6-18(17)22-19(23)13-27-20(24)14-7-9-15(10-8-14)26-12-16-4-3-11-25-16/h1-2,5-10,16H,3-4,11-13H2,(H,22,23)/t16-/m0/s1. The third kappa shape index (κ3) is 5.70. The van der Waals surface area contributed by atoms with Crippen LogP contribution < -0.4 is 10.1 Å². The minimum absolute atomic E-state index is 0.131. The van der Waals surface area contributed by atoms with Gasteiger partial charge >= 0.3 is 5.97 Å². The second kappa shape index (κ2) is 9.39. The van der Waals surface area contributed by atoms with E-state index in [-0.39, 0.29) is 6.10 Å². The predicted octanol–water partition coefficient (Wildman–Crippen LogP) is 3.69. The van der Waals surface area contributed by atoms with Crippen molar-refractivity contribution in [2.45, 2.75) is 18.9 Å². The molecule has 0 spiro atoms. The summed E-state index contributed by atoms with van der Waals surface area (Å²) >= 11 is 5.97. The first-order valence-electron chi connectivity index (χ1n) is 8.68. The van der Waals surface area contributed by atoms with Crippen molar-refractivity contribution in [1.82, 2.24) is 0 Å². The van der Waals surface area contributed by atoms with E-state index in [1.54, 1.807) is 48.5 Å². The van der Waals surface area contributed by atoms with Crippen molar-refractivity contribution >= 4 is 29.2 Å². The molecule has 2 aromatic rings. The normalized spacial score (nSPS) is 16.0. The molecule has 2 aromatic carbocycles. The molecule has 1 heterocycles. The quantitative estimate of drug-likeness (QED) is 0.731. The number of carbonyl (C=O) groups is 2. The van der Waals surface area contributed by atoms with Crippen molar-refractivity contribution in [3.05, 3.63) is 59.1 Å². The van der Waals surface area contributed by atoms with Gasteiger partial charge in [0.2, 0.25) is 0 Å². The van der Waals surface area contributed by atoms with E-state index in [9.17, 15) is 9.59 Å². The highest BCUT2D eigenvalue weighted by Gasteiger charge is 2.16. The van der Waals surface area contributed by atoms with Crippen molar-refractivity contribution < 1.29 is 23.8 Å². The molecule has 1 N–H and O–H groups in total. The zero-order chi connectivity index (χ0) is 19.1. The number of benzene rings is 2. The molecule has 27 heavy (non-hydrogen) atoms. The van der Waals surface area contributed by atoms with Gasteiger partial charge in [-0.05, 0) is 49.2 Å². The van der Waals surface area contributed by atoms with Gasteiger partial charge in [0.05, 0.1) is 22.4 Å². The molecule has 0 bridgehead atoms. The second-order valence-electron chi connectivity index (χ2n) is 6.07. The maximum atomic E-state index is 12.1. The molecular formula is C20H20ClNO5. The highest BCUT2D eigenvalue weighted by Crippen LogP contribution is 2.20. The van der Waals surface area contributed by atoms with Crippen LogP contribution in [0.15, 0.2) is 48.5 Å². The monoisotopic (exact) mass is 389 g/mol. The Labute approximate surface area is 162 Å². The number of para-hydroxylation sites is 1. The Hall–Kier alpha value is -2.57. The molecule has 0 unspecified atom stereocenters. The minimum Gasteiger partial charge on any atom is -0.491 e. The van der Waals surface area contributed by atoms with E-state index >= 15 is 0 Å². The van der Waals surface area contributed by atoms with Gasteiger partial charge in [-0.15, -0.1) is 0 Å². The second-order valence-corrected chi connectivity index (χ2v) is 6.48. The number of anilines is 1. The van der Waals surface area contributed by atoms with Gasteiger partial charge in [0.1, 0.15) is 12.4 Å². The van der Waals surface area contributed by atoms with E-state index in [4.69, 9.17) is 25.8 Å². The van der Waals surface area contributed by atoms with Gasteiger partial charge < -0.3 is 19.5 Å². The predicted molar refractivity (Wildman–Crippen MR) is 101 cm³/mol. The molecule has 0 aromatic heterocycles. The molecule has 0 radical (unpaired) electrons. The van der Waals surface area contributed by atoms with Crippen molar-refractivity contribution in [2.24, 2.45) is 0 Å². The zero-order valence-corrected chi connectivity index (χ0v) is 15.4. The molecule has 1 fully saturated rings. The third-order valence-corrected chi connectivity index (χ3v) is 4.36. The highest BCUT2D eigenvalue weighted by molar-refractivity contribution is 6.33. The SMILES string of the molecule is O=C(COC(=O)c1ccc(OC[C@@H]2CCCO2)cc1)Nc1ccccc1Cl. The summed E-state index contributed by atoms with van der Waals surface area (Å²) < 4.78 is 16.2. The van der Waals surface area contributed by atoms with Gasteiger partial charge in [0.25, 0.3) is 5.91 Å². The fourth-order valence-corrected chi connectivity index (χ4v) is 2.80. The van der Waals surface area contributed by atoms with Gasteiger partial charge in [-0.1, -0.05) is 23.7 Å². The molecule has 1 amide bonds. The van der Waals surface area contributed by atoms with E-state index < -0.39 is 18.5 Å². The summed E-state index contributed by atoms with van der Waals surface area (Å²) in [6, 6.07) is 13.4. The number of amides is 1. The molecule has 0 aliphatic carbocycles. The van der Waals surface area contributed by atoms with Gasteiger partial charge in [0.15, 0.2) is 6.61 Å². The van der Waals surface area contributed by atoms with Crippen molar-refractivity contribution in [1.29, 1.82) is 0 Å². The number of hydrogen-bond donors (Lipinski definition) is 1. The van der Waals surface area contributed by atoms with Crippen LogP contribution in [-0.2, 0) is 14.3 Å². The van der Waals surface area contributed by atoms with E-state index in [1.807, 2.05) is 0 Å².